The summed E-state index contributed by atoms with van der Waals surface area (Å²) in [4.78, 5) is 4.32. The second kappa shape index (κ2) is 4.87. The normalized spacial score (nSPS) is 10.7. The van der Waals surface area contributed by atoms with Crippen molar-refractivity contribution in [2.45, 2.75) is 6.42 Å². The molecular formula is C15H10F2N4. The first-order chi connectivity index (χ1) is 10.1. The largest absolute Gasteiger partial charge is 0.395 e. The molecule has 104 valence electrons. The number of anilines is 1. The van der Waals surface area contributed by atoms with Gasteiger partial charge in [-0.2, -0.15) is 5.26 Å². The average Bonchev–Trinajstić information content (AvgIpc) is 2.81. The zero-order valence-corrected chi connectivity index (χ0v) is 10.8. The quantitative estimate of drug-likeness (QED) is 0.736. The van der Waals surface area contributed by atoms with E-state index in [1.807, 2.05) is 6.07 Å². The SMILES string of the molecule is N#CCc1nc2ccccc2n1-c1cc(F)cc(F)c1N. The van der Waals surface area contributed by atoms with Crippen LogP contribution in [0.3, 0.4) is 0 Å². The minimum absolute atomic E-state index is 0.00620. The van der Waals surface area contributed by atoms with Crippen LogP contribution < -0.4 is 5.73 Å². The summed E-state index contributed by atoms with van der Waals surface area (Å²) in [5, 5.41) is 8.91. The van der Waals surface area contributed by atoms with Gasteiger partial charge in [-0.1, -0.05) is 12.1 Å². The van der Waals surface area contributed by atoms with Crippen LogP contribution in [0.1, 0.15) is 5.82 Å². The van der Waals surface area contributed by atoms with Crippen LogP contribution in [0.25, 0.3) is 16.7 Å². The molecule has 0 spiro atoms. The van der Waals surface area contributed by atoms with E-state index in [1.165, 1.54) is 4.57 Å². The second-order valence-corrected chi connectivity index (χ2v) is 4.51. The molecule has 0 atom stereocenters. The molecule has 3 aromatic rings. The van der Waals surface area contributed by atoms with Crippen LogP contribution in [0.15, 0.2) is 36.4 Å². The third-order valence-electron chi connectivity index (χ3n) is 3.18. The summed E-state index contributed by atoms with van der Waals surface area (Å²) in [6, 6.07) is 10.9. The van der Waals surface area contributed by atoms with E-state index in [0.29, 0.717) is 16.9 Å². The Morgan fingerprint density at radius 3 is 2.76 bits per heavy atom. The van der Waals surface area contributed by atoms with Gasteiger partial charge in [0.2, 0.25) is 0 Å². The van der Waals surface area contributed by atoms with Crippen molar-refractivity contribution < 1.29 is 8.78 Å². The molecule has 6 heteroatoms. The standard InChI is InChI=1S/C15H10F2N4/c16-9-7-10(17)15(19)13(8-9)21-12-4-2-1-3-11(12)20-14(21)5-6-18/h1-4,7-8H,5,19H2. The lowest BCUT2D eigenvalue weighted by atomic mass is 10.2. The zero-order valence-electron chi connectivity index (χ0n) is 10.8. The van der Waals surface area contributed by atoms with E-state index in [-0.39, 0.29) is 17.8 Å². The second-order valence-electron chi connectivity index (χ2n) is 4.51. The number of hydrogen-bond donors (Lipinski definition) is 1. The molecular weight excluding hydrogens is 274 g/mol. The first kappa shape index (κ1) is 13.1. The van der Waals surface area contributed by atoms with E-state index < -0.39 is 11.6 Å². The average molecular weight is 284 g/mol. The highest BCUT2D eigenvalue weighted by Gasteiger charge is 2.17. The first-order valence-electron chi connectivity index (χ1n) is 6.20. The number of nitrogen functional groups attached to an aromatic ring is 1. The van der Waals surface area contributed by atoms with E-state index in [9.17, 15) is 8.78 Å². The number of hydrogen-bond acceptors (Lipinski definition) is 3. The Labute approximate surface area is 119 Å². The first-order valence-corrected chi connectivity index (χ1v) is 6.20. The van der Waals surface area contributed by atoms with Crippen molar-refractivity contribution in [3.63, 3.8) is 0 Å². The van der Waals surface area contributed by atoms with Crippen molar-refractivity contribution in [3.05, 3.63) is 53.9 Å². The van der Waals surface area contributed by atoms with Crippen molar-refractivity contribution >= 4 is 16.7 Å². The Hall–Kier alpha value is -2.94. The van der Waals surface area contributed by atoms with Crippen LogP contribution in [-0.4, -0.2) is 9.55 Å². The summed E-state index contributed by atoms with van der Waals surface area (Å²) < 4.78 is 28.7. The number of nitrogens with two attached hydrogens (primary N) is 1. The Morgan fingerprint density at radius 2 is 2.00 bits per heavy atom. The van der Waals surface area contributed by atoms with Gasteiger partial charge in [-0.25, -0.2) is 13.8 Å². The summed E-state index contributed by atoms with van der Waals surface area (Å²) in [6.45, 7) is 0. The lowest BCUT2D eigenvalue weighted by Crippen LogP contribution is -2.06. The molecule has 0 fully saturated rings. The van der Waals surface area contributed by atoms with Crippen molar-refractivity contribution in [1.82, 2.24) is 9.55 Å². The number of nitriles is 1. The van der Waals surface area contributed by atoms with Crippen LogP contribution >= 0.6 is 0 Å². The number of para-hydroxylation sites is 2. The molecule has 1 heterocycles. The fourth-order valence-corrected chi connectivity index (χ4v) is 2.29. The maximum atomic E-state index is 13.7. The fraction of sp³-hybridized carbons (Fsp3) is 0.0667. The van der Waals surface area contributed by atoms with Crippen LogP contribution in [0.2, 0.25) is 0 Å². The Balaban J connectivity index is 2.39. The van der Waals surface area contributed by atoms with Gasteiger partial charge in [0.1, 0.15) is 11.6 Å². The van der Waals surface area contributed by atoms with Crippen molar-refractivity contribution in [3.8, 4) is 11.8 Å². The zero-order chi connectivity index (χ0) is 15.0. The van der Waals surface area contributed by atoms with Gasteiger partial charge < -0.3 is 5.73 Å². The molecule has 0 bridgehead atoms. The number of fused-ring (bicyclic) bond motifs is 1. The Bertz CT molecular complexity index is 877. The third kappa shape index (κ3) is 2.09. The minimum Gasteiger partial charge on any atom is -0.395 e. The maximum absolute atomic E-state index is 13.7. The van der Waals surface area contributed by atoms with Crippen molar-refractivity contribution in [2.75, 3.05) is 5.73 Å². The van der Waals surface area contributed by atoms with Crippen LogP contribution in [0.4, 0.5) is 14.5 Å². The lowest BCUT2D eigenvalue weighted by Gasteiger charge is -2.11. The number of halogens is 2. The van der Waals surface area contributed by atoms with Gasteiger partial charge in [0, 0.05) is 12.1 Å². The van der Waals surface area contributed by atoms with E-state index >= 15 is 0 Å². The van der Waals surface area contributed by atoms with E-state index in [2.05, 4.69) is 4.98 Å². The molecule has 4 nitrogen and oxygen atoms in total. The van der Waals surface area contributed by atoms with Gasteiger partial charge >= 0.3 is 0 Å². The van der Waals surface area contributed by atoms with Gasteiger partial charge in [0.05, 0.1) is 34.9 Å². The summed E-state index contributed by atoms with van der Waals surface area (Å²) in [6.07, 6.45) is 0.00620. The molecule has 0 aliphatic heterocycles. The molecule has 0 aliphatic rings. The predicted octanol–water partition coefficient (Wildman–Crippen LogP) is 2.95. The molecule has 0 saturated heterocycles. The predicted molar refractivity (Wildman–Crippen MR) is 74.7 cm³/mol. The summed E-state index contributed by atoms with van der Waals surface area (Å²) >= 11 is 0. The summed E-state index contributed by atoms with van der Waals surface area (Å²) in [5.41, 5.74) is 6.96. The lowest BCUT2D eigenvalue weighted by molar-refractivity contribution is 0.584. The van der Waals surface area contributed by atoms with Gasteiger partial charge in [0.25, 0.3) is 0 Å². The maximum Gasteiger partial charge on any atom is 0.151 e. The smallest absolute Gasteiger partial charge is 0.151 e. The molecule has 0 radical (unpaired) electrons. The number of benzene rings is 2. The summed E-state index contributed by atoms with van der Waals surface area (Å²) in [7, 11) is 0. The Kier molecular flexibility index (Phi) is 3.03. The van der Waals surface area contributed by atoms with Crippen molar-refractivity contribution in [2.24, 2.45) is 0 Å². The molecule has 2 aromatic carbocycles. The number of imidazole rings is 1. The highest BCUT2D eigenvalue weighted by atomic mass is 19.1. The van der Waals surface area contributed by atoms with E-state index in [1.54, 1.807) is 24.3 Å². The molecule has 0 unspecified atom stereocenters. The third-order valence-corrected chi connectivity index (χ3v) is 3.18. The monoisotopic (exact) mass is 284 g/mol. The van der Waals surface area contributed by atoms with Crippen LogP contribution in [-0.2, 0) is 6.42 Å². The number of aromatic nitrogens is 2. The topological polar surface area (TPSA) is 67.6 Å². The highest BCUT2D eigenvalue weighted by molar-refractivity contribution is 5.80. The van der Waals surface area contributed by atoms with Gasteiger partial charge in [0.15, 0.2) is 5.82 Å². The van der Waals surface area contributed by atoms with E-state index in [0.717, 1.165) is 12.1 Å². The molecule has 3 rings (SSSR count). The molecule has 2 N–H and O–H groups in total. The van der Waals surface area contributed by atoms with Crippen LogP contribution in [0.5, 0.6) is 0 Å². The van der Waals surface area contributed by atoms with Gasteiger partial charge in [-0.05, 0) is 12.1 Å². The molecule has 21 heavy (non-hydrogen) atoms. The Morgan fingerprint density at radius 1 is 1.24 bits per heavy atom. The van der Waals surface area contributed by atoms with Gasteiger partial charge in [-0.15, -0.1) is 0 Å². The molecule has 0 amide bonds. The molecule has 1 aromatic heterocycles. The molecule has 0 saturated carbocycles. The van der Waals surface area contributed by atoms with Crippen LogP contribution in [0, 0.1) is 23.0 Å². The fourth-order valence-electron chi connectivity index (χ4n) is 2.29. The van der Waals surface area contributed by atoms with E-state index in [4.69, 9.17) is 11.0 Å². The summed E-state index contributed by atoms with van der Waals surface area (Å²) in [5.74, 6) is -1.20. The minimum atomic E-state index is -0.842. The highest BCUT2D eigenvalue weighted by Crippen LogP contribution is 2.28. The van der Waals surface area contributed by atoms with Gasteiger partial charge in [-0.3, -0.25) is 4.57 Å². The molecule has 0 aliphatic carbocycles. The number of nitrogens with zero attached hydrogens (tertiary/aromatic N) is 3. The number of rotatable bonds is 2. The van der Waals surface area contributed by atoms with Crippen molar-refractivity contribution in [1.29, 1.82) is 5.26 Å².